The topological polar surface area (TPSA) is 60.8 Å². The SMILES string of the molecule is CCC1CN(C(=O)OC(C)(C)C)c2cccc3cc(C#CC(=O)OC(C)(C)C)n1c23. The number of anilines is 1. The Labute approximate surface area is 178 Å². The highest BCUT2D eigenvalue weighted by atomic mass is 16.6. The van der Waals surface area contributed by atoms with Gasteiger partial charge in [-0.2, -0.15) is 0 Å². The first-order chi connectivity index (χ1) is 13.9. The highest BCUT2D eigenvalue weighted by Crippen LogP contribution is 2.38. The number of aromatic nitrogens is 1. The summed E-state index contributed by atoms with van der Waals surface area (Å²) < 4.78 is 13.1. The molecule has 160 valence electrons. The molecule has 2 aromatic rings. The summed E-state index contributed by atoms with van der Waals surface area (Å²) in [5, 5.41) is 0.965. The molecule has 1 aromatic carbocycles. The monoisotopic (exact) mass is 410 g/mol. The number of hydrogen-bond donors (Lipinski definition) is 0. The van der Waals surface area contributed by atoms with Crippen LogP contribution in [0.25, 0.3) is 10.9 Å². The second-order valence-corrected chi connectivity index (χ2v) is 9.52. The lowest BCUT2D eigenvalue weighted by Crippen LogP contribution is -2.42. The standard InChI is InChI=1S/C24H30N2O4/c1-8-17-15-25(22(28)30-24(5,6)7)19-11-9-10-16-14-18(26(17)21(16)19)12-13-20(27)29-23(2,3)4/h9-11,14,17H,8,15H2,1-7H3. The second-order valence-electron chi connectivity index (χ2n) is 9.52. The van der Waals surface area contributed by atoms with Gasteiger partial charge in [-0.05, 0) is 66.0 Å². The van der Waals surface area contributed by atoms with Gasteiger partial charge >= 0.3 is 12.1 Å². The first kappa shape index (κ1) is 21.8. The third-order valence-electron chi connectivity index (χ3n) is 4.66. The van der Waals surface area contributed by atoms with Crippen molar-refractivity contribution in [2.24, 2.45) is 0 Å². The molecule has 0 saturated carbocycles. The van der Waals surface area contributed by atoms with E-state index < -0.39 is 17.2 Å². The Morgan fingerprint density at radius 3 is 2.37 bits per heavy atom. The number of ether oxygens (including phenoxy) is 2. The van der Waals surface area contributed by atoms with Crippen LogP contribution in [0.5, 0.6) is 0 Å². The maximum absolute atomic E-state index is 12.9. The summed E-state index contributed by atoms with van der Waals surface area (Å²) in [5.74, 6) is 5.04. The number of carbonyl (C=O) groups is 2. The van der Waals surface area contributed by atoms with Gasteiger partial charge in [0.25, 0.3) is 0 Å². The fourth-order valence-electron chi connectivity index (χ4n) is 3.57. The van der Waals surface area contributed by atoms with Crippen LogP contribution in [0.3, 0.4) is 0 Å². The lowest BCUT2D eigenvalue weighted by Gasteiger charge is -2.35. The summed E-state index contributed by atoms with van der Waals surface area (Å²) in [6.45, 7) is 13.6. The van der Waals surface area contributed by atoms with Crippen molar-refractivity contribution in [3.05, 3.63) is 30.0 Å². The zero-order valence-electron chi connectivity index (χ0n) is 18.8. The molecular formula is C24H30N2O4. The third kappa shape index (κ3) is 4.62. The number of esters is 1. The van der Waals surface area contributed by atoms with Gasteiger partial charge in [-0.25, -0.2) is 9.59 Å². The number of nitrogens with zero attached hydrogens (tertiary/aromatic N) is 2. The predicted molar refractivity (Wildman–Crippen MR) is 118 cm³/mol. The van der Waals surface area contributed by atoms with Crippen molar-refractivity contribution >= 4 is 28.7 Å². The van der Waals surface area contributed by atoms with E-state index >= 15 is 0 Å². The van der Waals surface area contributed by atoms with Gasteiger partial charge in [0, 0.05) is 11.3 Å². The highest BCUT2D eigenvalue weighted by Gasteiger charge is 2.33. The van der Waals surface area contributed by atoms with Gasteiger partial charge in [0.1, 0.15) is 11.2 Å². The Morgan fingerprint density at radius 2 is 1.77 bits per heavy atom. The molecule has 0 fully saturated rings. The van der Waals surface area contributed by atoms with Crippen molar-refractivity contribution in [3.8, 4) is 11.8 Å². The molecule has 6 heteroatoms. The summed E-state index contributed by atoms with van der Waals surface area (Å²) >= 11 is 0. The molecule has 1 aromatic heterocycles. The minimum Gasteiger partial charge on any atom is -0.450 e. The minimum atomic E-state index is -0.586. The molecule has 0 bridgehead atoms. The summed E-state index contributed by atoms with van der Waals surface area (Å²) in [7, 11) is 0. The van der Waals surface area contributed by atoms with Crippen molar-refractivity contribution in [1.82, 2.24) is 4.57 Å². The smallest absolute Gasteiger partial charge is 0.414 e. The van der Waals surface area contributed by atoms with E-state index in [-0.39, 0.29) is 12.1 Å². The summed E-state index contributed by atoms with van der Waals surface area (Å²) in [6.07, 6.45) is 0.445. The first-order valence-corrected chi connectivity index (χ1v) is 10.3. The first-order valence-electron chi connectivity index (χ1n) is 10.3. The molecule has 0 spiro atoms. The Kier molecular flexibility index (Phi) is 5.60. The molecule has 1 unspecified atom stereocenters. The maximum Gasteiger partial charge on any atom is 0.414 e. The summed E-state index contributed by atoms with van der Waals surface area (Å²) in [6, 6.07) is 7.79. The number of benzene rings is 1. The lowest BCUT2D eigenvalue weighted by molar-refractivity contribution is -0.147. The molecule has 0 N–H and O–H groups in total. The molecule has 1 aliphatic rings. The van der Waals surface area contributed by atoms with E-state index in [0.29, 0.717) is 6.54 Å². The molecule has 0 saturated heterocycles. The van der Waals surface area contributed by atoms with E-state index in [2.05, 4.69) is 23.3 Å². The van der Waals surface area contributed by atoms with E-state index in [1.807, 2.05) is 65.8 Å². The zero-order chi connectivity index (χ0) is 22.3. The minimum absolute atomic E-state index is 0.0212. The molecule has 6 nitrogen and oxygen atoms in total. The highest BCUT2D eigenvalue weighted by molar-refractivity contribution is 6.02. The van der Waals surface area contributed by atoms with Crippen LogP contribution in [0.15, 0.2) is 24.3 Å². The molecule has 3 rings (SSSR count). The van der Waals surface area contributed by atoms with Gasteiger partial charge in [0.2, 0.25) is 0 Å². The predicted octanol–water partition coefficient (Wildman–Crippen LogP) is 5.04. The Bertz CT molecular complexity index is 1040. The average Bonchev–Trinajstić information content (AvgIpc) is 2.98. The van der Waals surface area contributed by atoms with Crippen molar-refractivity contribution < 1.29 is 19.1 Å². The van der Waals surface area contributed by atoms with E-state index in [1.165, 1.54) is 0 Å². The van der Waals surface area contributed by atoms with Gasteiger partial charge in [0.05, 0.1) is 29.5 Å². The van der Waals surface area contributed by atoms with Crippen LogP contribution >= 0.6 is 0 Å². The van der Waals surface area contributed by atoms with Gasteiger partial charge in [0.15, 0.2) is 0 Å². The van der Waals surface area contributed by atoms with Crippen LogP contribution in [0.4, 0.5) is 10.5 Å². The number of para-hydroxylation sites is 1. The molecular weight excluding hydrogens is 380 g/mol. The van der Waals surface area contributed by atoms with Gasteiger partial charge < -0.3 is 14.0 Å². The quantitative estimate of drug-likeness (QED) is 0.488. The molecule has 0 radical (unpaired) electrons. The van der Waals surface area contributed by atoms with Crippen LogP contribution in [-0.4, -0.2) is 34.4 Å². The molecule has 30 heavy (non-hydrogen) atoms. The normalized spacial score (nSPS) is 16.1. The van der Waals surface area contributed by atoms with E-state index in [9.17, 15) is 9.59 Å². The van der Waals surface area contributed by atoms with Crippen LogP contribution in [0.1, 0.15) is 66.6 Å². The van der Waals surface area contributed by atoms with Gasteiger partial charge in [-0.3, -0.25) is 4.90 Å². The molecule has 2 heterocycles. The van der Waals surface area contributed by atoms with Crippen LogP contribution in [0.2, 0.25) is 0 Å². The fourth-order valence-corrected chi connectivity index (χ4v) is 3.57. The van der Waals surface area contributed by atoms with Crippen molar-refractivity contribution in [2.45, 2.75) is 72.1 Å². The number of amides is 1. The Morgan fingerprint density at radius 1 is 1.10 bits per heavy atom. The van der Waals surface area contributed by atoms with Gasteiger partial charge in [-0.15, -0.1) is 0 Å². The molecule has 0 aliphatic carbocycles. The summed E-state index contributed by atoms with van der Waals surface area (Å²) in [4.78, 5) is 26.7. The number of carbonyl (C=O) groups excluding carboxylic acids is 2. The summed E-state index contributed by atoms with van der Waals surface area (Å²) in [5.41, 5.74) is 1.29. The van der Waals surface area contributed by atoms with Crippen molar-refractivity contribution in [1.29, 1.82) is 0 Å². The second kappa shape index (κ2) is 7.71. The maximum atomic E-state index is 12.9. The fraction of sp³-hybridized carbons (Fsp3) is 0.500. The van der Waals surface area contributed by atoms with Crippen LogP contribution in [-0.2, 0) is 14.3 Å². The average molecular weight is 411 g/mol. The van der Waals surface area contributed by atoms with Crippen molar-refractivity contribution in [3.63, 3.8) is 0 Å². The van der Waals surface area contributed by atoms with Crippen molar-refractivity contribution in [2.75, 3.05) is 11.4 Å². The molecule has 1 atom stereocenters. The Balaban J connectivity index is 2.06. The largest absolute Gasteiger partial charge is 0.450 e. The number of rotatable bonds is 1. The van der Waals surface area contributed by atoms with Crippen LogP contribution in [0, 0.1) is 11.8 Å². The zero-order valence-corrected chi connectivity index (χ0v) is 18.8. The molecule has 1 amide bonds. The van der Waals surface area contributed by atoms with E-state index in [0.717, 1.165) is 28.7 Å². The number of hydrogen-bond acceptors (Lipinski definition) is 4. The van der Waals surface area contributed by atoms with E-state index in [1.54, 1.807) is 4.90 Å². The Hall–Kier alpha value is -2.94. The van der Waals surface area contributed by atoms with E-state index in [4.69, 9.17) is 9.47 Å². The van der Waals surface area contributed by atoms with Crippen LogP contribution < -0.4 is 4.90 Å². The third-order valence-corrected chi connectivity index (χ3v) is 4.66. The van der Waals surface area contributed by atoms with Gasteiger partial charge in [-0.1, -0.05) is 19.1 Å². The lowest BCUT2D eigenvalue weighted by atomic mass is 10.1. The molecule has 1 aliphatic heterocycles.